The third kappa shape index (κ3) is 4.75. The van der Waals surface area contributed by atoms with E-state index in [-0.39, 0.29) is 0 Å². The van der Waals surface area contributed by atoms with Crippen LogP contribution in [0.5, 0.6) is 0 Å². The van der Waals surface area contributed by atoms with Crippen molar-refractivity contribution in [3.05, 3.63) is 10.6 Å². The molecule has 5 heteroatoms. The topological polar surface area (TPSA) is 37.4 Å². The maximum atomic E-state index is 5.03. The molecule has 1 unspecified atom stereocenters. The zero-order valence-corrected chi connectivity index (χ0v) is 13.8. The summed E-state index contributed by atoms with van der Waals surface area (Å²) in [6.07, 6.45) is 0. The van der Waals surface area contributed by atoms with Gasteiger partial charge in [-0.15, -0.1) is 11.3 Å². The first kappa shape index (κ1) is 16.4. The average molecular weight is 285 g/mol. The van der Waals surface area contributed by atoms with Crippen molar-refractivity contribution in [3.8, 4) is 0 Å². The van der Waals surface area contributed by atoms with Gasteiger partial charge < -0.3 is 15.0 Å². The van der Waals surface area contributed by atoms with E-state index < -0.39 is 0 Å². The monoisotopic (exact) mass is 285 g/mol. The fourth-order valence-electron chi connectivity index (χ4n) is 1.73. The highest BCUT2D eigenvalue weighted by Crippen LogP contribution is 2.27. The molecule has 0 aliphatic rings. The molecule has 0 aromatic carbocycles. The van der Waals surface area contributed by atoms with Gasteiger partial charge in [-0.2, -0.15) is 0 Å². The maximum absolute atomic E-state index is 5.03. The lowest BCUT2D eigenvalue weighted by molar-refractivity contribution is 0.199. The van der Waals surface area contributed by atoms with Crippen LogP contribution in [0.3, 0.4) is 0 Å². The van der Waals surface area contributed by atoms with Crippen LogP contribution in [0.25, 0.3) is 0 Å². The lowest BCUT2D eigenvalue weighted by Crippen LogP contribution is -2.32. The number of aryl methyl sites for hydroxylation is 1. The van der Waals surface area contributed by atoms with Gasteiger partial charge in [-0.3, -0.25) is 0 Å². The van der Waals surface area contributed by atoms with Gasteiger partial charge in [0.2, 0.25) is 0 Å². The molecule has 19 heavy (non-hydrogen) atoms. The van der Waals surface area contributed by atoms with Crippen molar-refractivity contribution in [2.24, 2.45) is 5.92 Å². The summed E-state index contributed by atoms with van der Waals surface area (Å²) >= 11 is 1.78. The van der Waals surface area contributed by atoms with Gasteiger partial charge in [-0.1, -0.05) is 13.8 Å². The van der Waals surface area contributed by atoms with Crippen molar-refractivity contribution in [2.75, 3.05) is 32.2 Å². The summed E-state index contributed by atoms with van der Waals surface area (Å²) in [5, 5.41) is 4.49. The largest absolute Gasteiger partial charge is 0.383 e. The van der Waals surface area contributed by atoms with Crippen LogP contribution < -0.4 is 10.2 Å². The zero-order valence-electron chi connectivity index (χ0n) is 13.0. The molecule has 4 nitrogen and oxygen atoms in total. The molecule has 0 saturated carbocycles. The Morgan fingerprint density at radius 2 is 2.05 bits per heavy atom. The molecular weight excluding hydrogens is 258 g/mol. The van der Waals surface area contributed by atoms with E-state index in [1.54, 1.807) is 18.4 Å². The molecule has 0 spiro atoms. The Morgan fingerprint density at radius 3 is 2.63 bits per heavy atom. The van der Waals surface area contributed by atoms with E-state index in [1.165, 1.54) is 4.88 Å². The van der Waals surface area contributed by atoms with E-state index in [2.05, 4.69) is 49.9 Å². The normalized spacial score (nSPS) is 13.0. The second-order valence-electron chi connectivity index (χ2n) is 5.27. The summed E-state index contributed by atoms with van der Waals surface area (Å²) in [6.45, 7) is 11.3. The van der Waals surface area contributed by atoms with E-state index in [4.69, 9.17) is 4.74 Å². The molecule has 1 N–H and O–H groups in total. The molecule has 0 saturated heterocycles. The summed E-state index contributed by atoms with van der Waals surface area (Å²) < 4.78 is 5.03. The molecule has 1 heterocycles. The number of aromatic nitrogens is 1. The standard InChI is InChI=1S/C14H27N3OS/c1-10(2)12(4)17(5)14-16-11(3)13(19-14)9-15-7-8-18-6/h10,12,15H,7-9H2,1-6H3. The molecule has 1 rings (SSSR count). The van der Waals surface area contributed by atoms with Crippen LogP contribution in [0.15, 0.2) is 0 Å². The molecule has 0 bridgehead atoms. The quantitative estimate of drug-likeness (QED) is 0.745. The predicted molar refractivity (Wildman–Crippen MR) is 83.1 cm³/mol. The number of nitrogens with zero attached hydrogens (tertiary/aromatic N) is 2. The lowest BCUT2D eigenvalue weighted by Gasteiger charge is -2.27. The van der Waals surface area contributed by atoms with Gasteiger partial charge in [0.15, 0.2) is 5.13 Å². The Hall–Kier alpha value is -0.650. The van der Waals surface area contributed by atoms with Crippen molar-refractivity contribution >= 4 is 16.5 Å². The molecule has 0 radical (unpaired) electrons. The van der Waals surface area contributed by atoms with E-state index in [0.29, 0.717) is 12.0 Å². The number of rotatable bonds is 8. The summed E-state index contributed by atoms with van der Waals surface area (Å²) in [6, 6.07) is 0.500. The third-order valence-corrected chi connectivity index (χ3v) is 4.78. The number of ether oxygens (including phenoxy) is 1. The van der Waals surface area contributed by atoms with Gasteiger partial charge in [-0.25, -0.2) is 4.98 Å². The summed E-state index contributed by atoms with van der Waals surface area (Å²) in [7, 11) is 3.85. The van der Waals surface area contributed by atoms with E-state index in [0.717, 1.165) is 30.5 Å². The molecule has 1 atom stereocenters. The van der Waals surface area contributed by atoms with Gasteiger partial charge in [0.1, 0.15) is 0 Å². The highest BCUT2D eigenvalue weighted by Gasteiger charge is 2.18. The molecule has 1 aromatic heterocycles. The fourth-order valence-corrected chi connectivity index (χ4v) is 2.81. The Bertz CT molecular complexity index is 379. The molecule has 0 fully saturated rings. The summed E-state index contributed by atoms with van der Waals surface area (Å²) in [4.78, 5) is 8.28. The highest BCUT2D eigenvalue weighted by atomic mass is 32.1. The van der Waals surface area contributed by atoms with Crippen LogP contribution in [0, 0.1) is 12.8 Å². The van der Waals surface area contributed by atoms with Crippen LogP contribution in [0.1, 0.15) is 31.3 Å². The minimum Gasteiger partial charge on any atom is -0.383 e. The van der Waals surface area contributed by atoms with E-state index >= 15 is 0 Å². The van der Waals surface area contributed by atoms with Crippen LogP contribution >= 0.6 is 11.3 Å². The Kier molecular flexibility index (Phi) is 6.75. The van der Waals surface area contributed by atoms with Gasteiger partial charge in [0.05, 0.1) is 12.3 Å². The summed E-state index contributed by atoms with van der Waals surface area (Å²) in [5.41, 5.74) is 1.13. The Morgan fingerprint density at radius 1 is 1.37 bits per heavy atom. The number of hydrogen-bond acceptors (Lipinski definition) is 5. The number of thiazole rings is 1. The number of anilines is 1. The van der Waals surface area contributed by atoms with Crippen molar-refractivity contribution in [2.45, 2.75) is 40.3 Å². The molecule has 0 amide bonds. The van der Waals surface area contributed by atoms with E-state index in [1.807, 2.05) is 0 Å². The average Bonchev–Trinajstić information content (AvgIpc) is 2.74. The van der Waals surface area contributed by atoms with Crippen molar-refractivity contribution in [1.29, 1.82) is 0 Å². The van der Waals surface area contributed by atoms with Crippen LogP contribution in [-0.2, 0) is 11.3 Å². The minimum atomic E-state index is 0.500. The van der Waals surface area contributed by atoms with Gasteiger partial charge in [-0.05, 0) is 19.8 Å². The molecule has 0 aliphatic carbocycles. The smallest absolute Gasteiger partial charge is 0.185 e. The van der Waals surface area contributed by atoms with Gasteiger partial charge in [0.25, 0.3) is 0 Å². The Balaban J connectivity index is 2.62. The lowest BCUT2D eigenvalue weighted by atomic mass is 10.1. The van der Waals surface area contributed by atoms with Gasteiger partial charge in [0, 0.05) is 38.2 Å². The van der Waals surface area contributed by atoms with Crippen LogP contribution in [0.2, 0.25) is 0 Å². The van der Waals surface area contributed by atoms with Gasteiger partial charge >= 0.3 is 0 Å². The second-order valence-corrected chi connectivity index (χ2v) is 6.33. The molecule has 0 aliphatic heterocycles. The van der Waals surface area contributed by atoms with Crippen molar-refractivity contribution in [3.63, 3.8) is 0 Å². The van der Waals surface area contributed by atoms with Crippen LogP contribution in [-0.4, -0.2) is 38.3 Å². The Labute approximate surface area is 121 Å². The summed E-state index contributed by atoms with van der Waals surface area (Å²) in [5.74, 6) is 0.623. The number of nitrogens with one attached hydrogen (secondary N) is 1. The molecule has 1 aromatic rings. The first-order valence-corrected chi connectivity index (χ1v) is 7.67. The third-order valence-electron chi connectivity index (χ3n) is 3.53. The first-order chi connectivity index (χ1) is 8.97. The minimum absolute atomic E-state index is 0.500. The number of methoxy groups -OCH3 is 1. The zero-order chi connectivity index (χ0) is 14.4. The molecular formula is C14H27N3OS. The first-order valence-electron chi connectivity index (χ1n) is 6.86. The highest BCUT2D eigenvalue weighted by molar-refractivity contribution is 7.15. The predicted octanol–water partition coefficient (Wildman–Crippen LogP) is 2.67. The van der Waals surface area contributed by atoms with Crippen molar-refractivity contribution in [1.82, 2.24) is 10.3 Å². The van der Waals surface area contributed by atoms with Crippen LogP contribution in [0.4, 0.5) is 5.13 Å². The maximum Gasteiger partial charge on any atom is 0.185 e. The van der Waals surface area contributed by atoms with Crippen molar-refractivity contribution < 1.29 is 4.74 Å². The fraction of sp³-hybridized carbons (Fsp3) is 0.786. The van der Waals surface area contributed by atoms with E-state index in [9.17, 15) is 0 Å². The molecule has 110 valence electrons. The number of hydrogen-bond donors (Lipinski definition) is 1. The second kappa shape index (κ2) is 7.82. The SMILES string of the molecule is COCCNCc1sc(N(C)C(C)C(C)C)nc1C.